The zero-order valence-corrected chi connectivity index (χ0v) is 17.4. The highest BCUT2D eigenvalue weighted by Gasteiger charge is 2.29. The summed E-state index contributed by atoms with van der Waals surface area (Å²) in [5.41, 5.74) is 10.2. The Labute approximate surface area is 185 Å². The van der Waals surface area contributed by atoms with Gasteiger partial charge in [0.2, 0.25) is 0 Å². The molecule has 0 saturated carbocycles. The third-order valence-corrected chi connectivity index (χ3v) is 5.78. The number of alkyl carbamates (subject to hydrolysis) is 1. The Hall–Kier alpha value is -3.42. The number of hydrogen-bond donors (Lipinski definition) is 4. The van der Waals surface area contributed by atoms with Crippen LogP contribution < -0.4 is 11.1 Å². The summed E-state index contributed by atoms with van der Waals surface area (Å²) in [6.45, 7) is 0.297. The highest BCUT2D eigenvalue weighted by Crippen LogP contribution is 2.44. The fraction of sp³-hybridized carbons (Fsp3) is 0.240. The molecule has 1 aliphatic carbocycles. The number of carbonyl (C=O) groups is 1. The first-order chi connectivity index (χ1) is 15.5. The molecular formula is C25H25FN2O4. The highest BCUT2D eigenvalue weighted by atomic mass is 19.1. The minimum Gasteiger partial charge on any atom is -0.449 e. The number of nitrogens with two attached hydrogens (primary N) is 1. The zero-order chi connectivity index (χ0) is 22.7. The molecular weight excluding hydrogens is 411 g/mol. The van der Waals surface area contributed by atoms with Crippen LogP contribution in [0, 0.1) is 5.82 Å². The van der Waals surface area contributed by atoms with Gasteiger partial charge in [-0.2, -0.15) is 0 Å². The number of carbonyl (C=O) groups excluding carboxylic acids is 1. The Bertz CT molecular complexity index is 1080. The predicted octanol–water partition coefficient (Wildman–Crippen LogP) is 3.73. The molecule has 3 aromatic rings. The van der Waals surface area contributed by atoms with E-state index in [0.717, 1.165) is 28.3 Å². The van der Waals surface area contributed by atoms with Gasteiger partial charge in [0.1, 0.15) is 18.5 Å². The van der Waals surface area contributed by atoms with E-state index >= 15 is 0 Å². The number of aliphatic hydroxyl groups excluding tert-OH is 2. The van der Waals surface area contributed by atoms with Gasteiger partial charge in [-0.1, -0.05) is 54.6 Å². The first kappa shape index (κ1) is 21.8. The molecule has 3 aromatic carbocycles. The van der Waals surface area contributed by atoms with Crippen LogP contribution in [0.2, 0.25) is 0 Å². The normalized spacial score (nSPS) is 14.3. The summed E-state index contributed by atoms with van der Waals surface area (Å²) in [6, 6.07) is 19.9. The molecule has 7 heteroatoms. The molecule has 5 N–H and O–H groups in total. The van der Waals surface area contributed by atoms with Crippen LogP contribution in [-0.4, -0.2) is 35.6 Å². The molecule has 1 aliphatic rings. The molecule has 1 amide bonds. The SMILES string of the molecule is Nc1cc(C(O)C(O)CCNC(=O)OCC2c3ccccc3-c3ccccc32)ccc1F. The molecule has 0 fully saturated rings. The molecule has 32 heavy (non-hydrogen) atoms. The Kier molecular flexibility index (Phi) is 6.39. The molecule has 6 nitrogen and oxygen atoms in total. The van der Waals surface area contributed by atoms with E-state index in [4.69, 9.17) is 10.5 Å². The van der Waals surface area contributed by atoms with Gasteiger partial charge in [0.05, 0.1) is 11.8 Å². The van der Waals surface area contributed by atoms with E-state index < -0.39 is 24.1 Å². The second-order valence-corrected chi connectivity index (χ2v) is 7.83. The fourth-order valence-corrected chi connectivity index (χ4v) is 4.10. The van der Waals surface area contributed by atoms with E-state index in [1.165, 1.54) is 12.1 Å². The smallest absolute Gasteiger partial charge is 0.407 e. The van der Waals surface area contributed by atoms with Crippen LogP contribution in [0.3, 0.4) is 0 Å². The maximum absolute atomic E-state index is 13.3. The minimum atomic E-state index is -1.25. The molecule has 0 heterocycles. The molecule has 0 saturated heterocycles. The number of rotatable bonds is 7. The number of nitrogen functional groups attached to an aromatic ring is 1. The third kappa shape index (κ3) is 4.44. The van der Waals surface area contributed by atoms with Crippen LogP contribution >= 0.6 is 0 Å². The predicted molar refractivity (Wildman–Crippen MR) is 119 cm³/mol. The monoisotopic (exact) mass is 436 g/mol. The van der Waals surface area contributed by atoms with E-state index in [1.54, 1.807) is 0 Å². The van der Waals surface area contributed by atoms with Gasteiger partial charge in [0.15, 0.2) is 0 Å². The number of benzene rings is 3. The number of ether oxygens (including phenoxy) is 1. The van der Waals surface area contributed by atoms with Crippen molar-refractivity contribution in [2.75, 3.05) is 18.9 Å². The highest BCUT2D eigenvalue weighted by molar-refractivity contribution is 5.79. The van der Waals surface area contributed by atoms with Gasteiger partial charge in [0, 0.05) is 12.5 Å². The topological polar surface area (TPSA) is 105 Å². The Morgan fingerprint density at radius 2 is 1.66 bits per heavy atom. The average Bonchev–Trinajstić information content (AvgIpc) is 3.12. The number of nitrogens with one attached hydrogen (secondary N) is 1. The summed E-state index contributed by atoms with van der Waals surface area (Å²) in [6.07, 6.45) is -2.92. The van der Waals surface area contributed by atoms with E-state index in [-0.39, 0.29) is 31.2 Å². The largest absolute Gasteiger partial charge is 0.449 e. The van der Waals surface area contributed by atoms with Gasteiger partial charge >= 0.3 is 6.09 Å². The van der Waals surface area contributed by atoms with Gasteiger partial charge in [-0.25, -0.2) is 9.18 Å². The van der Waals surface area contributed by atoms with Gasteiger partial charge in [0.25, 0.3) is 0 Å². The van der Waals surface area contributed by atoms with Crippen LogP contribution in [0.5, 0.6) is 0 Å². The molecule has 0 aromatic heterocycles. The lowest BCUT2D eigenvalue weighted by molar-refractivity contribution is 0.0137. The lowest BCUT2D eigenvalue weighted by atomic mass is 9.98. The number of fused-ring (bicyclic) bond motifs is 3. The first-order valence-corrected chi connectivity index (χ1v) is 10.5. The van der Waals surface area contributed by atoms with E-state index in [0.29, 0.717) is 5.56 Å². The Morgan fingerprint density at radius 3 is 2.28 bits per heavy atom. The van der Waals surface area contributed by atoms with Crippen molar-refractivity contribution in [3.63, 3.8) is 0 Å². The second-order valence-electron chi connectivity index (χ2n) is 7.83. The summed E-state index contributed by atoms with van der Waals surface area (Å²) < 4.78 is 18.7. The zero-order valence-electron chi connectivity index (χ0n) is 17.4. The quantitative estimate of drug-likeness (QED) is 0.423. The van der Waals surface area contributed by atoms with Crippen LogP contribution in [0.1, 0.15) is 35.1 Å². The number of hydrogen-bond acceptors (Lipinski definition) is 5. The van der Waals surface area contributed by atoms with Crippen molar-refractivity contribution in [2.45, 2.75) is 24.5 Å². The maximum atomic E-state index is 13.3. The van der Waals surface area contributed by atoms with Crippen LogP contribution in [0.15, 0.2) is 66.7 Å². The van der Waals surface area contributed by atoms with Crippen molar-refractivity contribution in [1.29, 1.82) is 0 Å². The average molecular weight is 436 g/mol. The molecule has 0 radical (unpaired) electrons. The molecule has 0 spiro atoms. The van der Waals surface area contributed by atoms with Crippen LogP contribution in [0.25, 0.3) is 11.1 Å². The van der Waals surface area contributed by atoms with Crippen molar-refractivity contribution < 1.29 is 24.1 Å². The third-order valence-electron chi connectivity index (χ3n) is 5.78. The number of halogens is 1. The minimum absolute atomic E-state index is 0.0375. The van der Waals surface area contributed by atoms with E-state index in [9.17, 15) is 19.4 Å². The number of anilines is 1. The lowest BCUT2D eigenvalue weighted by Gasteiger charge is -2.19. The Balaban J connectivity index is 1.28. The van der Waals surface area contributed by atoms with Crippen molar-refractivity contribution >= 4 is 11.8 Å². The van der Waals surface area contributed by atoms with E-state index in [1.807, 2.05) is 36.4 Å². The van der Waals surface area contributed by atoms with Crippen molar-refractivity contribution in [2.24, 2.45) is 0 Å². The van der Waals surface area contributed by atoms with Gasteiger partial charge in [-0.15, -0.1) is 0 Å². The summed E-state index contributed by atoms with van der Waals surface area (Å²) >= 11 is 0. The van der Waals surface area contributed by atoms with Gasteiger partial charge in [-0.3, -0.25) is 0 Å². The molecule has 166 valence electrons. The number of aliphatic hydroxyl groups is 2. The van der Waals surface area contributed by atoms with Crippen LogP contribution in [-0.2, 0) is 4.74 Å². The molecule has 0 aliphatic heterocycles. The van der Waals surface area contributed by atoms with Crippen molar-refractivity contribution in [1.82, 2.24) is 5.32 Å². The molecule has 0 bridgehead atoms. The van der Waals surface area contributed by atoms with Gasteiger partial charge in [-0.05, 0) is 46.4 Å². The Morgan fingerprint density at radius 1 is 1.03 bits per heavy atom. The molecule has 4 rings (SSSR count). The molecule has 2 atom stereocenters. The maximum Gasteiger partial charge on any atom is 0.407 e. The van der Waals surface area contributed by atoms with Crippen molar-refractivity contribution in [3.05, 3.63) is 89.2 Å². The van der Waals surface area contributed by atoms with Gasteiger partial charge < -0.3 is 26.0 Å². The summed E-state index contributed by atoms with van der Waals surface area (Å²) in [5.74, 6) is -0.628. The summed E-state index contributed by atoms with van der Waals surface area (Å²) in [7, 11) is 0. The van der Waals surface area contributed by atoms with Crippen molar-refractivity contribution in [3.8, 4) is 11.1 Å². The van der Waals surface area contributed by atoms with E-state index in [2.05, 4.69) is 17.4 Å². The second kappa shape index (κ2) is 9.38. The summed E-state index contributed by atoms with van der Waals surface area (Å²) in [4.78, 5) is 12.2. The standard InChI is InChI=1S/C25H25FN2O4/c26-21-10-9-15(13-22(21)27)24(30)23(29)11-12-28-25(31)32-14-20-18-7-3-1-5-16(18)17-6-2-4-8-19(17)20/h1-10,13,20,23-24,29-30H,11-12,14,27H2,(H,28,31). The number of amides is 1. The fourth-order valence-electron chi connectivity index (χ4n) is 4.10. The first-order valence-electron chi connectivity index (χ1n) is 10.5. The molecule has 2 unspecified atom stereocenters. The van der Waals surface area contributed by atoms with Crippen LogP contribution in [0.4, 0.5) is 14.9 Å². The lowest BCUT2D eigenvalue weighted by Crippen LogP contribution is -2.30. The summed E-state index contributed by atoms with van der Waals surface area (Å²) in [5, 5.41) is 23.0.